The fourth-order valence-electron chi connectivity index (χ4n) is 5.21. The zero-order valence-electron chi connectivity index (χ0n) is 27.7. The Morgan fingerprint density at radius 1 is 0.432 bits per heavy atom. The van der Waals surface area contributed by atoms with Gasteiger partial charge in [0.2, 0.25) is 0 Å². The van der Waals surface area contributed by atoms with Crippen molar-refractivity contribution in [1.82, 2.24) is 0 Å². The quantitative estimate of drug-likeness (QED) is 0.214. The maximum absolute atomic E-state index is 10.9. The van der Waals surface area contributed by atoms with Crippen molar-refractivity contribution in [3.8, 4) is 0 Å². The van der Waals surface area contributed by atoms with Crippen LogP contribution in [0.5, 0.6) is 0 Å². The Balaban J connectivity index is -0.000000235. The first-order valence-electron chi connectivity index (χ1n) is 16.2. The van der Waals surface area contributed by atoms with Crippen molar-refractivity contribution in [2.75, 3.05) is 26.2 Å². The summed E-state index contributed by atoms with van der Waals surface area (Å²) in [5, 5.41) is 43.7. The molecule has 262 valence electrons. The van der Waals surface area contributed by atoms with Crippen LogP contribution in [-0.2, 0) is 49.9 Å². The van der Waals surface area contributed by atoms with Gasteiger partial charge in [-0.2, -0.15) is 0 Å². The molecule has 0 aromatic heterocycles. The largest absolute Gasteiger partial charge is 2.00 e. The summed E-state index contributed by atoms with van der Waals surface area (Å²) >= 11 is 0. The first kappa shape index (κ1) is 49.9. The van der Waals surface area contributed by atoms with Gasteiger partial charge >= 0.3 is 39.0 Å². The summed E-state index contributed by atoms with van der Waals surface area (Å²) in [6.07, 6.45) is 17.6. The normalized spacial score (nSPS) is 22.6. The van der Waals surface area contributed by atoms with Crippen LogP contribution in [0, 0.1) is 23.7 Å². The minimum atomic E-state index is 0. The zero-order valence-corrected chi connectivity index (χ0v) is 31.0. The maximum atomic E-state index is 10.9. The van der Waals surface area contributed by atoms with Crippen LogP contribution in [0.4, 0.5) is 0 Å². The molecule has 10 nitrogen and oxygen atoms in total. The SMILES string of the molecule is CCCC[C@@H]1CCN=C1[O-].CCCC[C@@H]1CCN=C1[O-].CCCC[C@H]1CCN=C1[O-].CCCC[C@H]1CCN=C1[O-].[OH3+].[OH3+].[Rh+2].[Rh+2]. The minimum Gasteiger partial charge on any atom is -0.862 e. The Hall–Kier alpha value is -0.953. The van der Waals surface area contributed by atoms with E-state index >= 15 is 0 Å². The molecular weight excluding hydrogens is 742 g/mol. The molecule has 0 unspecified atom stereocenters. The molecule has 6 N–H and O–H groups in total. The molecule has 0 aromatic carbocycles. The Kier molecular flexibility index (Phi) is 36.3. The van der Waals surface area contributed by atoms with Crippen molar-refractivity contribution < 1.29 is 70.3 Å². The predicted octanol–water partition coefficient (Wildman–Crippen LogP) is 1.97. The Bertz CT molecular complexity index is 671. The van der Waals surface area contributed by atoms with E-state index in [4.69, 9.17) is 0 Å². The first-order valence-corrected chi connectivity index (χ1v) is 16.2. The number of rotatable bonds is 12. The second-order valence-electron chi connectivity index (χ2n) is 11.4. The molecule has 0 saturated heterocycles. The topological polar surface area (TPSA) is 208 Å². The number of unbranched alkanes of at least 4 members (excludes halogenated alkanes) is 4. The van der Waals surface area contributed by atoms with E-state index in [0.29, 0.717) is 0 Å². The van der Waals surface area contributed by atoms with E-state index in [-0.39, 0.29) is 97.2 Å². The summed E-state index contributed by atoms with van der Waals surface area (Å²) in [5.74, 6) is 1.70. The summed E-state index contributed by atoms with van der Waals surface area (Å²) in [6, 6.07) is 0. The molecule has 12 heteroatoms. The van der Waals surface area contributed by atoms with Crippen LogP contribution in [0.25, 0.3) is 0 Å². The van der Waals surface area contributed by atoms with Gasteiger partial charge in [-0.3, -0.25) is 0 Å². The smallest absolute Gasteiger partial charge is 0.862 e. The molecule has 0 aliphatic carbocycles. The maximum Gasteiger partial charge on any atom is 2.00 e. The molecule has 0 amide bonds. The van der Waals surface area contributed by atoms with Crippen molar-refractivity contribution in [1.29, 1.82) is 0 Å². The molecule has 0 fully saturated rings. The predicted molar refractivity (Wildman–Crippen MR) is 169 cm³/mol. The molecule has 4 aliphatic rings. The van der Waals surface area contributed by atoms with Gasteiger partial charge in [0, 0.05) is 26.2 Å². The number of nitrogens with zero attached hydrogens (tertiary/aromatic N) is 4. The molecule has 4 atom stereocenters. The molecule has 0 aromatic rings. The average molecular weight is 805 g/mol. The summed E-state index contributed by atoms with van der Waals surface area (Å²) < 4.78 is 0. The van der Waals surface area contributed by atoms with E-state index in [1.54, 1.807) is 0 Å². The van der Waals surface area contributed by atoms with Gasteiger partial charge in [-0.25, -0.2) is 0 Å². The van der Waals surface area contributed by atoms with E-state index in [9.17, 15) is 20.4 Å². The molecule has 0 spiro atoms. The van der Waals surface area contributed by atoms with Crippen LogP contribution in [0.1, 0.15) is 130 Å². The van der Waals surface area contributed by atoms with Gasteiger partial charge in [0.15, 0.2) is 0 Å². The van der Waals surface area contributed by atoms with Crippen LogP contribution in [-0.4, -0.2) is 49.8 Å². The fraction of sp³-hybridized carbons (Fsp3) is 0.875. The van der Waals surface area contributed by atoms with Gasteiger partial charge in [-0.1, -0.05) is 79.1 Å². The summed E-state index contributed by atoms with van der Waals surface area (Å²) in [4.78, 5) is 15.3. The molecule has 0 bridgehead atoms. The Morgan fingerprint density at radius 2 is 0.614 bits per heavy atom. The third-order valence-electron chi connectivity index (χ3n) is 8.00. The Morgan fingerprint density at radius 3 is 0.727 bits per heavy atom. The summed E-state index contributed by atoms with van der Waals surface area (Å²) in [6.45, 7) is 11.7. The van der Waals surface area contributed by atoms with Crippen LogP contribution in [0.2, 0.25) is 0 Å². The standard InChI is InChI=1S/4C8H15NO.2H2O.2Rh/c4*1-2-3-4-7-5-6-9-8(7)10;;;;/h4*7H,2-6H2,1H3,(H,9,10);2*1H2;;/q;;;;;;2*+2/p-2/t4*7-;;;;/m1100..../s1. The fourth-order valence-corrected chi connectivity index (χ4v) is 5.21. The number of hydrogen-bond donors (Lipinski definition) is 0. The van der Waals surface area contributed by atoms with Crippen LogP contribution in [0.3, 0.4) is 0 Å². The molecule has 2 radical (unpaired) electrons. The molecular formula is C32H62N4O6Rh2+2. The first-order chi connectivity index (χ1) is 19.4. The van der Waals surface area contributed by atoms with E-state index < -0.39 is 0 Å². The van der Waals surface area contributed by atoms with Gasteiger partial charge < -0.3 is 51.3 Å². The van der Waals surface area contributed by atoms with Crippen molar-refractivity contribution >= 4 is 23.6 Å². The molecule has 44 heavy (non-hydrogen) atoms. The zero-order chi connectivity index (χ0) is 29.6. The van der Waals surface area contributed by atoms with Crippen molar-refractivity contribution in [3.05, 3.63) is 0 Å². The molecule has 4 heterocycles. The average Bonchev–Trinajstić information content (AvgIpc) is 3.76. The van der Waals surface area contributed by atoms with E-state index in [0.717, 1.165) is 77.5 Å². The van der Waals surface area contributed by atoms with Gasteiger partial charge in [-0.05, 0) is 98.6 Å². The van der Waals surface area contributed by atoms with Crippen molar-refractivity contribution in [3.63, 3.8) is 0 Å². The minimum absolute atomic E-state index is 0. The molecule has 4 rings (SSSR count). The number of hydrogen-bond acceptors (Lipinski definition) is 8. The van der Waals surface area contributed by atoms with Gasteiger partial charge in [0.05, 0.1) is 0 Å². The van der Waals surface area contributed by atoms with Crippen LogP contribution in [0.15, 0.2) is 20.0 Å². The molecule has 0 saturated carbocycles. The van der Waals surface area contributed by atoms with Crippen molar-refractivity contribution in [2.45, 2.75) is 130 Å². The summed E-state index contributed by atoms with van der Waals surface area (Å²) in [7, 11) is 0. The molecule has 4 aliphatic heterocycles. The van der Waals surface area contributed by atoms with Crippen LogP contribution >= 0.6 is 0 Å². The Labute approximate surface area is 293 Å². The van der Waals surface area contributed by atoms with E-state index in [1.165, 1.54) is 51.4 Å². The second kappa shape index (κ2) is 32.0. The summed E-state index contributed by atoms with van der Waals surface area (Å²) in [5.41, 5.74) is 0. The third kappa shape index (κ3) is 21.7. The monoisotopic (exact) mass is 804 g/mol. The van der Waals surface area contributed by atoms with E-state index in [1.807, 2.05) is 0 Å². The second-order valence-corrected chi connectivity index (χ2v) is 11.4. The van der Waals surface area contributed by atoms with Gasteiger partial charge in [0.1, 0.15) is 0 Å². The van der Waals surface area contributed by atoms with Gasteiger partial charge in [0.25, 0.3) is 0 Å². The van der Waals surface area contributed by atoms with Crippen molar-refractivity contribution in [2.24, 2.45) is 43.6 Å². The van der Waals surface area contributed by atoms with Crippen LogP contribution < -0.4 is 20.4 Å². The number of aliphatic imine (C=N–C) groups is 4. The van der Waals surface area contributed by atoms with E-state index in [2.05, 4.69) is 47.7 Å². The van der Waals surface area contributed by atoms with Gasteiger partial charge in [-0.15, -0.1) is 0 Å². The third-order valence-corrected chi connectivity index (χ3v) is 8.00.